The van der Waals surface area contributed by atoms with Gasteiger partial charge in [-0.05, 0) is 44.7 Å². The van der Waals surface area contributed by atoms with Crippen LogP contribution in [0.3, 0.4) is 0 Å². The molecule has 108 valence electrons. The molecule has 0 aromatic heterocycles. The predicted octanol–water partition coefficient (Wildman–Crippen LogP) is 0.457. The van der Waals surface area contributed by atoms with Crippen LogP contribution in [-0.2, 0) is 9.59 Å². The molecule has 1 unspecified atom stereocenters. The number of nitrogens with one attached hydrogen (secondary N) is 1. The van der Waals surface area contributed by atoms with Crippen molar-refractivity contribution in [2.24, 2.45) is 5.92 Å². The van der Waals surface area contributed by atoms with E-state index < -0.39 is 0 Å². The van der Waals surface area contributed by atoms with E-state index in [0.29, 0.717) is 12.3 Å². The Morgan fingerprint density at radius 3 is 2.95 bits per heavy atom. The molecular weight excluding hydrogens is 242 g/mol. The number of hydrogen-bond acceptors (Lipinski definition) is 3. The highest BCUT2D eigenvalue weighted by atomic mass is 16.2. The average molecular weight is 267 g/mol. The third kappa shape index (κ3) is 4.20. The second-order valence-corrected chi connectivity index (χ2v) is 5.74. The van der Waals surface area contributed by atoms with Crippen LogP contribution in [0, 0.1) is 5.92 Å². The molecule has 0 bridgehead atoms. The Labute approximate surface area is 115 Å². The zero-order chi connectivity index (χ0) is 13.7. The van der Waals surface area contributed by atoms with Crippen molar-refractivity contribution in [2.75, 3.05) is 39.8 Å². The van der Waals surface area contributed by atoms with Crippen LogP contribution in [0.5, 0.6) is 0 Å². The van der Waals surface area contributed by atoms with Gasteiger partial charge in [0.05, 0.1) is 6.54 Å². The van der Waals surface area contributed by atoms with Crippen molar-refractivity contribution in [3.8, 4) is 0 Å². The molecule has 0 radical (unpaired) electrons. The monoisotopic (exact) mass is 267 g/mol. The highest BCUT2D eigenvalue weighted by Gasteiger charge is 2.23. The summed E-state index contributed by atoms with van der Waals surface area (Å²) < 4.78 is 0. The topological polar surface area (TPSA) is 52.6 Å². The molecule has 0 saturated carbocycles. The van der Waals surface area contributed by atoms with Crippen LogP contribution >= 0.6 is 0 Å². The fourth-order valence-electron chi connectivity index (χ4n) is 2.86. The molecule has 19 heavy (non-hydrogen) atoms. The van der Waals surface area contributed by atoms with Gasteiger partial charge in [0.15, 0.2) is 0 Å². The molecule has 2 aliphatic rings. The van der Waals surface area contributed by atoms with Crippen molar-refractivity contribution in [2.45, 2.75) is 32.1 Å². The summed E-state index contributed by atoms with van der Waals surface area (Å²) in [5.74, 6) is 0.836. The SMILES string of the molecule is CN1CCCN(C(=O)CCC2CCCNC2)CC1=O. The summed E-state index contributed by atoms with van der Waals surface area (Å²) in [6.45, 7) is 3.89. The van der Waals surface area contributed by atoms with Crippen molar-refractivity contribution in [3.05, 3.63) is 0 Å². The van der Waals surface area contributed by atoms with Gasteiger partial charge in [-0.3, -0.25) is 9.59 Å². The lowest BCUT2D eigenvalue weighted by Crippen LogP contribution is -2.38. The maximum Gasteiger partial charge on any atom is 0.241 e. The van der Waals surface area contributed by atoms with Crippen molar-refractivity contribution >= 4 is 11.8 Å². The van der Waals surface area contributed by atoms with Gasteiger partial charge in [0.25, 0.3) is 0 Å². The molecule has 0 spiro atoms. The number of carbonyl (C=O) groups is 2. The summed E-state index contributed by atoms with van der Waals surface area (Å²) in [6, 6.07) is 0. The zero-order valence-electron chi connectivity index (χ0n) is 11.9. The van der Waals surface area contributed by atoms with E-state index in [1.807, 2.05) is 7.05 Å². The minimum atomic E-state index is 0.0604. The number of likely N-dealkylation sites (N-methyl/N-ethyl adjacent to an activating group) is 1. The Balaban J connectivity index is 1.76. The van der Waals surface area contributed by atoms with Crippen LogP contribution in [0.15, 0.2) is 0 Å². The lowest BCUT2D eigenvalue weighted by molar-refractivity contribution is -0.138. The van der Waals surface area contributed by atoms with E-state index in [1.54, 1.807) is 9.80 Å². The zero-order valence-corrected chi connectivity index (χ0v) is 11.9. The number of nitrogens with zero attached hydrogens (tertiary/aromatic N) is 2. The molecule has 0 aliphatic carbocycles. The van der Waals surface area contributed by atoms with E-state index in [2.05, 4.69) is 5.32 Å². The molecule has 2 saturated heterocycles. The predicted molar refractivity (Wildman–Crippen MR) is 73.7 cm³/mol. The number of hydrogen-bond donors (Lipinski definition) is 1. The molecule has 2 rings (SSSR count). The van der Waals surface area contributed by atoms with Crippen LogP contribution in [-0.4, -0.2) is 61.4 Å². The second kappa shape index (κ2) is 6.89. The minimum absolute atomic E-state index is 0.0604. The maximum absolute atomic E-state index is 12.2. The molecule has 5 heteroatoms. The standard InChI is InChI=1S/C14H25N3O2/c1-16-8-3-9-17(11-14(16)19)13(18)6-5-12-4-2-7-15-10-12/h12,15H,2-11H2,1H3. The van der Waals surface area contributed by atoms with E-state index in [4.69, 9.17) is 0 Å². The van der Waals surface area contributed by atoms with Gasteiger partial charge in [-0.15, -0.1) is 0 Å². The molecular formula is C14H25N3O2. The van der Waals surface area contributed by atoms with Crippen molar-refractivity contribution in [3.63, 3.8) is 0 Å². The molecule has 2 heterocycles. The Hall–Kier alpha value is -1.10. The fraction of sp³-hybridized carbons (Fsp3) is 0.857. The van der Waals surface area contributed by atoms with Gasteiger partial charge >= 0.3 is 0 Å². The summed E-state index contributed by atoms with van der Waals surface area (Å²) in [7, 11) is 1.81. The summed E-state index contributed by atoms with van der Waals surface area (Å²) in [5.41, 5.74) is 0. The van der Waals surface area contributed by atoms with Gasteiger partial charge in [-0.1, -0.05) is 0 Å². The highest BCUT2D eigenvalue weighted by molar-refractivity contribution is 5.85. The lowest BCUT2D eigenvalue weighted by atomic mass is 9.94. The normalized spacial score (nSPS) is 25.3. The Morgan fingerprint density at radius 1 is 1.37 bits per heavy atom. The maximum atomic E-state index is 12.2. The van der Waals surface area contributed by atoms with Gasteiger partial charge in [-0.25, -0.2) is 0 Å². The molecule has 0 aromatic carbocycles. The van der Waals surface area contributed by atoms with Gasteiger partial charge in [-0.2, -0.15) is 0 Å². The first kappa shape index (κ1) is 14.3. The quantitative estimate of drug-likeness (QED) is 0.808. The van der Waals surface area contributed by atoms with E-state index in [-0.39, 0.29) is 18.4 Å². The minimum Gasteiger partial charge on any atom is -0.344 e. The summed E-state index contributed by atoms with van der Waals surface area (Å²) in [4.78, 5) is 27.4. The second-order valence-electron chi connectivity index (χ2n) is 5.74. The Kier molecular flexibility index (Phi) is 5.19. The lowest BCUT2D eigenvalue weighted by Gasteiger charge is -2.24. The highest BCUT2D eigenvalue weighted by Crippen LogP contribution is 2.17. The van der Waals surface area contributed by atoms with E-state index in [0.717, 1.165) is 39.0 Å². The number of amides is 2. The van der Waals surface area contributed by atoms with E-state index in [9.17, 15) is 9.59 Å². The first-order valence-electron chi connectivity index (χ1n) is 7.39. The van der Waals surface area contributed by atoms with Crippen molar-refractivity contribution < 1.29 is 9.59 Å². The van der Waals surface area contributed by atoms with Crippen LogP contribution < -0.4 is 5.32 Å². The van der Waals surface area contributed by atoms with Crippen LogP contribution in [0.25, 0.3) is 0 Å². The number of carbonyl (C=O) groups excluding carboxylic acids is 2. The number of piperidine rings is 1. The molecule has 1 atom stereocenters. The molecule has 2 amide bonds. The number of rotatable bonds is 3. The van der Waals surface area contributed by atoms with Gasteiger partial charge < -0.3 is 15.1 Å². The van der Waals surface area contributed by atoms with Crippen molar-refractivity contribution in [1.82, 2.24) is 15.1 Å². The molecule has 5 nitrogen and oxygen atoms in total. The molecule has 0 aromatic rings. The first-order valence-corrected chi connectivity index (χ1v) is 7.39. The Morgan fingerprint density at radius 2 is 2.21 bits per heavy atom. The van der Waals surface area contributed by atoms with Crippen LogP contribution in [0.1, 0.15) is 32.1 Å². The first-order chi connectivity index (χ1) is 9.16. The van der Waals surface area contributed by atoms with E-state index in [1.165, 1.54) is 12.8 Å². The third-order valence-electron chi connectivity index (χ3n) is 4.19. The molecule has 1 N–H and O–H groups in total. The van der Waals surface area contributed by atoms with E-state index >= 15 is 0 Å². The largest absolute Gasteiger partial charge is 0.344 e. The fourth-order valence-corrected chi connectivity index (χ4v) is 2.86. The Bertz CT molecular complexity index is 327. The van der Waals surface area contributed by atoms with Gasteiger partial charge in [0, 0.05) is 26.6 Å². The van der Waals surface area contributed by atoms with Crippen LogP contribution in [0.4, 0.5) is 0 Å². The average Bonchev–Trinajstić information content (AvgIpc) is 2.60. The smallest absolute Gasteiger partial charge is 0.241 e. The van der Waals surface area contributed by atoms with Crippen LogP contribution in [0.2, 0.25) is 0 Å². The van der Waals surface area contributed by atoms with Gasteiger partial charge in [0.2, 0.25) is 11.8 Å². The molecule has 2 fully saturated rings. The summed E-state index contributed by atoms with van der Waals surface area (Å²) in [6.07, 6.45) is 4.86. The third-order valence-corrected chi connectivity index (χ3v) is 4.19. The molecule has 2 aliphatic heterocycles. The van der Waals surface area contributed by atoms with Gasteiger partial charge in [0.1, 0.15) is 0 Å². The summed E-state index contributed by atoms with van der Waals surface area (Å²) >= 11 is 0. The van der Waals surface area contributed by atoms with Crippen molar-refractivity contribution in [1.29, 1.82) is 0 Å². The summed E-state index contributed by atoms with van der Waals surface area (Å²) in [5, 5.41) is 3.38.